The molecule has 0 amide bonds. The predicted octanol–water partition coefficient (Wildman–Crippen LogP) is 17.2. The van der Waals surface area contributed by atoms with Gasteiger partial charge in [0.2, 0.25) is 0 Å². The van der Waals surface area contributed by atoms with E-state index in [1.807, 2.05) is 0 Å². The van der Waals surface area contributed by atoms with Crippen molar-refractivity contribution in [3.63, 3.8) is 0 Å². The Bertz CT molecular complexity index is 2920. The third-order valence-corrected chi connectivity index (χ3v) is 11.7. The molecule has 3 heteroatoms. The molecule has 0 aromatic heterocycles. The SMILES string of the molecule is Cc1cccc(N(c2ccccc2)c2ccc(-c3ccc(N(c4ccc(-c5ccc(N(c6ccccc6)c6cccc(C)c6)cc5)cc4)c4cccc5ccccc45)cc3)cc2)c1. The van der Waals surface area contributed by atoms with Crippen LogP contribution in [0.25, 0.3) is 33.0 Å². The van der Waals surface area contributed by atoms with E-state index < -0.39 is 0 Å². The van der Waals surface area contributed by atoms with E-state index in [1.165, 1.54) is 33.0 Å². The fraction of sp³-hybridized carbons (Fsp3) is 0.0333. The predicted molar refractivity (Wildman–Crippen MR) is 268 cm³/mol. The van der Waals surface area contributed by atoms with Crippen LogP contribution in [-0.4, -0.2) is 0 Å². The van der Waals surface area contributed by atoms with E-state index in [4.69, 9.17) is 0 Å². The van der Waals surface area contributed by atoms with Crippen LogP contribution in [0.2, 0.25) is 0 Å². The molecule has 0 heterocycles. The van der Waals surface area contributed by atoms with Crippen LogP contribution in [0.3, 0.4) is 0 Å². The monoisotopic (exact) mass is 809 g/mol. The summed E-state index contributed by atoms with van der Waals surface area (Å²) in [6.45, 7) is 4.28. The van der Waals surface area contributed by atoms with Gasteiger partial charge in [-0.05, 0) is 156 Å². The van der Waals surface area contributed by atoms with Gasteiger partial charge in [-0.1, -0.05) is 146 Å². The second-order valence-corrected chi connectivity index (χ2v) is 16.0. The maximum atomic E-state index is 2.38. The Labute approximate surface area is 371 Å². The molecule has 0 saturated carbocycles. The number of fused-ring (bicyclic) bond motifs is 1. The zero-order chi connectivity index (χ0) is 42.5. The van der Waals surface area contributed by atoms with Crippen LogP contribution >= 0.6 is 0 Å². The lowest BCUT2D eigenvalue weighted by Crippen LogP contribution is -2.10. The Hall–Kier alpha value is -8.14. The van der Waals surface area contributed by atoms with Crippen LogP contribution < -0.4 is 14.7 Å². The van der Waals surface area contributed by atoms with Crippen molar-refractivity contribution >= 4 is 62.0 Å². The second kappa shape index (κ2) is 17.5. The molecule has 3 nitrogen and oxygen atoms in total. The molecule has 302 valence electrons. The third kappa shape index (κ3) is 8.21. The number of aryl methyl sites for hydroxylation is 2. The summed E-state index contributed by atoms with van der Waals surface area (Å²) in [6.07, 6.45) is 0. The van der Waals surface area contributed by atoms with Gasteiger partial charge in [0.15, 0.2) is 0 Å². The van der Waals surface area contributed by atoms with Crippen LogP contribution in [0.4, 0.5) is 51.2 Å². The van der Waals surface area contributed by atoms with Gasteiger partial charge in [0, 0.05) is 50.9 Å². The standard InChI is InChI=1S/C60H47N3/c1-44-14-11-22-57(42-44)61(51-18-5-3-6-19-51)53-34-26-46(27-35-53)48-30-38-55(39-31-48)63(60-25-13-17-50-16-9-10-24-59(50)60)56-40-32-49(33-41-56)47-28-36-54(37-29-47)62(52-20-7-4-8-21-52)58-23-12-15-45(2)43-58/h3-43H,1-2H3. The Morgan fingerprint density at radius 3 is 0.968 bits per heavy atom. The van der Waals surface area contributed by atoms with Gasteiger partial charge in [-0.3, -0.25) is 0 Å². The Kier molecular flexibility index (Phi) is 10.8. The van der Waals surface area contributed by atoms with Crippen molar-refractivity contribution in [3.8, 4) is 22.3 Å². The van der Waals surface area contributed by atoms with Crippen molar-refractivity contribution < 1.29 is 0 Å². The van der Waals surface area contributed by atoms with Gasteiger partial charge in [-0.25, -0.2) is 0 Å². The van der Waals surface area contributed by atoms with Gasteiger partial charge in [0.25, 0.3) is 0 Å². The van der Waals surface area contributed by atoms with Gasteiger partial charge < -0.3 is 14.7 Å². The first-order valence-corrected chi connectivity index (χ1v) is 21.6. The molecular weight excluding hydrogens is 763 g/mol. The summed E-state index contributed by atoms with van der Waals surface area (Å²) in [5.41, 5.74) is 17.2. The highest BCUT2D eigenvalue weighted by Gasteiger charge is 2.18. The Morgan fingerprint density at radius 1 is 0.238 bits per heavy atom. The first-order valence-electron chi connectivity index (χ1n) is 21.6. The first kappa shape index (κ1) is 39.0. The third-order valence-electron chi connectivity index (χ3n) is 11.7. The highest BCUT2D eigenvalue weighted by molar-refractivity contribution is 5.99. The van der Waals surface area contributed by atoms with Gasteiger partial charge in [-0.2, -0.15) is 0 Å². The maximum Gasteiger partial charge on any atom is 0.0540 e. The minimum atomic E-state index is 1.09. The summed E-state index contributed by atoms with van der Waals surface area (Å²) in [4.78, 5) is 7.00. The van der Waals surface area contributed by atoms with Crippen LogP contribution in [0, 0.1) is 13.8 Å². The fourth-order valence-corrected chi connectivity index (χ4v) is 8.63. The molecule has 0 aliphatic carbocycles. The quantitative estimate of drug-likeness (QED) is 0.129. The van der Waals surface area contributed by atoms with Crippen LogP contribution in [-0.2, 0) is 0 Å². The van der Waals surface area contributed by atoms with Crippen LogP contribution in [0.5, 0.6) is 0 Å². The van der Waals surface area contributed by atoms with E-state index in [1.54, 1.807) is 0 Å². The molecule has 63 heavy (non-hydrogen) atoms. The normalized spacial score (nSPS) is 11.0. The molecule has 0 atom stereocenters. The largest absolute Gasteiger partial charge is 0.310 e. The van der Waals surface area contributed by atoms with E-state index in [9.17, 15) is 0 Å². The van der Waals surface area contributed by atoms with Crippen LogP contribution in [0.15, 0.2) is 249 Å². The van der Waals surface area contributed by atoms with E-state index in [0.29, 0.717) is 0 Å². The Morgan fingerprint density at radius 2 is 0.556 bits per heavy atom. The van der Waals surface area contributed by atoms with Crippen molar-refractivity contribution in [3.05, 3.63) is 260 Å². The Balaban J connectivity index is 0.959. The molecule has 0 N–H and O–H groups in total. The lowest BCUT2D eigenvalue weighted by molar-refractivity contribution is 1.27. The zero-order valence-corrected chi connectivity index (χ0v) is 35.5. The average Bonchev–Trinajstić information content (AvgIpc) is 3.34. The van der Waals surface area contributed by atoms with E-state index in [-0.39, 0.29) is 0 Å². The van der Waals surface area contributed by atoms with Crippen molar-refractivity contribution in [1.29, 1.82) is 0 Å². The summed E-state index contributed by atoms with van der Waals surface area (Å²) >= 11 is 0. The number of anilines is 9. The highest BCUT2D eigenvalue weighted by atomic mass is 15.2. The minimum absolute atomic E-state index is 1.09. The summed E-state index contributed by atoms with van der Waals surface area (Å²) in [5, 5.41) is 2.41. The van der Waals surface area contributed by atoms with Gasteiger partial charge in [-0.15, -0.1) is 0 Å². The summed E-state index contributed by atoms with van der Waals surface area (Å²) in [5.74, 6) is 0. The summed E-state index contributed by atoms with van der Waals surface area (Å²) in [6, 6.07) is 89.4. The van der Waals surface area contributed by atoms with Crippen molar-refractivity contribution in [2.45, 2.75) is 13.8 Å². The smallest absolute Gasteiger partial charge is 0.0540 e. The van der Waals surface area contributed by atoms with Gasteiger partial charge >= 0.3 is 0 Å². The minimum Gasteiger partial charge on any atom is -0.310 e. The zero-order valence-electron chi connectivity index (χ0n) is 35.5. The average molecular weight is 810 g/mol. The number of hydrogen-bond acceptors (Lipinski definition) is 3. The first-order chi connectivity index (χ1) is 31.1. The fourth-order valence-electron chi connectivity index (χ4n) is 8.63. The molecule has 10 aromatic carbocycles. The lowest BCUT2D eigenvalue weighted by atomic mass is 10.0. The number of benzene rings is 10. The van der Waals surface area contributed by atoms with E-state index in [0.717, 1.165) is 62.3 Å². The molecule has 0 unspecified atom stereocenters. The molecule has 0 fully saturated rings. The number of para-hydroxylation sites is 2. The molecule has 0 spiro atoms. The molecule has 10 rings (SSSR count). The highest BCUT2D eigenvalue weighted by Crippen LogP contribution is 2.42. The second-order valence-electron chi connectivity index (χ2n) is 16.0. The summed E-state index contributed by atoms with van der Waals surface area (Å²) < 4.78 is 0. The van der Waals surface area contributed by atoms with Crippen LogP contribution in [0.1, 0.15) is 11.1 Å². The molecule has 0 radical (unpaired) electrons. The summed E-state index contributed by atoms with van der Waals surface area (Å²) in [7, 11) is 0. The van der Waals surface area contributed by atoms with Gasteiger partial charge in [0.05, 0.1) is 5.69 Å². The molecule has 0 bridgehead atoms. The number of hydrogen-bond donors (Lipinski definition) is 0. The van der Waals surface area contributed by atoms with Crippen molar-refractivity contribution in [2.75, 3.05) is 14.7 Å². The lowest BCUT2D eigenvalue weighted by Gasteiger charge is -2.27. The number of nitrogens with zero attached hydrogens (tertiary/aromatic N) is 3. The molecule has 0 aliphatic rings. The van der Waals surface area contributed by atoms with Crippen molar-refractivity contribution in [2.24, 2.45) is 0 Å². The van der Waals surface area contributed by atoms with Crippen molar-refractivity contribution in [1.82, 2.24) is 0 Å². The molecular formula is C60H47N3. The topological polar surface area (TPSA) is 9.72 Å². The molecule has 10 aromatic rings. The van der Waals surface area contributed by atoms with E-state index in [2.05, 4.69) is 277 Å². The maximum absolute atomic E-state index is 2.38. The van der Waals surface area contributed by atoms with Gasteiger partial charge in [0.1, 0.15) is 0 Å². The number of rotatable bonds is 11. The van der Waals surface area contributed by atoms with E-state index >= 15 is 0 Å². The molecule has 0 saturated heterocycles. The molecule has 0 aliphatic heterocycles.